The summed E-state index contributed by atoms with van der Waals surface area (Å²) in [5.74, 6) is 0.799. The second-order valence-corrected chi connectivity index (χ2v) is 9.65. The quantitative estimate of drug-likeness (QED) is 0.844. The van der Waals surface area contributed by atoms with E-state index in [0.29, 0.717) is 11.4 Å². The lowest BCUT2D eigenvalue weighted by atomic mass is 9.94. The number of benzene rings is 1. The predicted octanol–water partition coefficient (Wildman–Crippen LogP) is 2.94. The maximum absolute atomic E-state index is 12.8. The Morgan fingerprint density at radius 3 is 2.36 bits per heavy atom. The van der Waals surface area contributed by atoms with Crippen LogP contribution in [0, 0.1) is 17.8 Å². The van der Waals surface area contributed by atoms with Crippen LogP contribution in [0.25, 0.3) is 0 Å². The van der Waals surface area contributed by atoms with Crippen molar-refractivity contribution in [3.8, 4) is 0 Å². The summed E-state index contributed by atoms with van der Waals surface area (Å²) in [6.45, 7) is 8.76. The third kappa shape index (κ3) is 3.75. The molecule has 0 bridgehead atoms. The van der Waals surface area contributed by atoms with Crippen LogP contribution >= 0.6 is 0 Å². The van der Waals surface area contributed by atoms with E-state index in [0.717, 1.165) is 30.5 Å². The summed E-state index contributed by atoms with van der Waals surface area (Å²) in [7, 11) is -3.57. The van der Waals surface area contributed by atoms with Gasteiger partial charge >= 0.3 is 0 Å². The van der Waals surface area contributed by atoms with Gasteiger partial charge in [0.1, 0.15) is 0 Å². The van der Waals surface area contributed by atoms with Gasteiger partial charge in [-0.15, -0.1) is 0 Å². The van der Waals surface area contributed by atoms with Crippen molar-refractivity contribution in [1.29, 1.82) is 0 Å². The van der Waals surface area contributed by atoms with E-state index in [4.69, 9.17) is 0 Å². The van der Waals surface area contributed by atoms with Gasteiger partial charge in [0, 0.05) is 24.2 Å². The first kappa shape index (κ1) is 18.4. The molecule has 1 heterocycles. The van der Waals surface area contributed by atoms with Crippen molar-refractivity contribution in [3.05, 3.63) is 23.8 Å². The number of anilines is 1. The van der Waals surface area contributed by atoms with Gasteiger partial charge in [-0.1, -0.05) is 27.7 Å². The molecule has 1 N–H and O–H groups in total. The number of rotatable bonds is 6. The van der Waals surface area contributed by atoms with E-state index in [-0.39, 0.29) is 29.7 Å². The largest absolute Gasteiger partial charge is 0.312 e. The summed E-state index contributed by atoms with van der Waals surface area (Å²) >= 11 is 0. The predicted molar refractivity (Wildman–Crippen MR) is 99.0 cm³/mol. The number of sulfonamides is 1. The van der Waals surface area contributed by atoms with E-state index in [9.17, 15) is 13.2 Å². The maximum atomic E-state index is 12.8. The van der Waals surface area contributed by atoms with Gasteiger partial charge in [-0.25, -0.2) is 13.1 Å². The molecule has 2 aliphatic rings. The Hall–Kier alpha value is -1.40. The molecular formula is C19H28N2O3S. The van der Waals surface area contributed by atoms with Crippen LogP contribution in [0.4, 0.5) is 5.69 Å². The summed E-state index contributed by atoms with van der Waals surface area (Å²) in [4.78, 5) is 14.5. The van der Waals surface area contributed by atoms with Gasteiger partial charge < -0.3 is 4.90 Å². The van der Waals surface area contributed by atoms with Gasteiger partial charge in [0.05, 0.1) is 4.90 Å². The summed E-state index contributed by atoms with van der Waals surface area (Å²) in [6, 6.07) is 5.04. The molecule has 0 atom stereocenters. The van der Waals surface area contributed by atoms with Crippen molar-refractivity contribution in [2.45, 2.75) is 57.9 Å². The molecule has 1 aromatic carbocycles. The number of nitrogens with zero attached hydrogens (tertiary/aromatic N) is 1. The fraction of sp³-hybridized carbons (Fsp3) is 0.632. The van der Waals surface area contributed by atoms with E-state index in [1.54, 1.807) is 18.2 Å². The molecule has 1 amide bonds. The normalized spacial score (nSPS) is 17.6. The van der Waals surface area contributed by atoms with Gasteiger partial charge in [-0.05, 0) is 54.9 Å². The fourth-order valence-corrected chi connectivity index (χ4v) is 5.20. The van der Waals surface area contributed by atoms with E-state index in [1.165, 1.54) is 0 Å². The Balaban J connectivity index is 1.83. The Morgan fingerprint density at radius 1 is 1.16 bits per heavy atom. The minimum Gasteiger partial charge on any atom is -0.312 e. The minimum atomic E-state index is -3.57. The molecule has 0 unspecified atom stereocenters. The zero-order chi connectivity index (χ0) is 18.4. The lowest BCUT2D eigenvalue weighted by Gasteiger charge is -2.26. The number of amides is 1. The summed E-state index contributed by atoms with van der Waals surface area (Å²) in [5.41, 5.74) is 1.82. The molecular weight excluding hydrogens is 336 g/mol. The highest BCUT2D eigenvalue weighted by Crippen LogP contribution is 2.37. The lowest BCUT2D eigenvalue weighted by Crippen LogP contribution is -2.42. The molecule has 1 fully saturated rings. The van der Waals surface area contributed by atoms with Gasteiger partial charge in [-0.3, -0.25) is 4.79 Å². The van der Waals surface area contributed by atoms with Gasteiger partial charge in [0.2, 0.25) is 15.9 Å². The first-order valence-corrected chi connectivity index (χ1v) is 10.7. The summed E-state index contributed by atoms with van der Waals surface area (Å²) < 4.78 is 28.4. The molecule has 0 spiro atoms. The van der Waals surface area contributed by atoms with Crippen molar-refractivity contribution in [2.24, 2.45) is 17.8 Å². The highest BCUT2D eigenvalue weighted by molar-refractivity contribution is 7.89. The Bertz CT molecular complexity index is 759. The third-order valence-corrected chi connectivity index (χ3v) is 6.63. The molecule has 1 aliphatic carbocycles. The average molecular weight is 365 g/mol. The van der Waals surface area contributed by atoms with Crippen LogP contribution < -0.4 is 9.62 Å². The van der Waals surface area contributed by atoms with E-state index in [2.05, 4.69) is 4.72 Å². The molecule has 6 heteroatoms. The Morgan fingerprint density at radius 2 is 1.80 bits per heavy atom. The molecule has 0 saturated heterocycles. The third-order valence-electron chi connectivity index (χ3n) is 5.18. The molecule has 1 aliphatic heterocycles. The summed E-state index contributed by atoms with van der Waals surface area (Å²) in [6.07, 6.45) is 2.68. The topological polar surface area (TPSA) is 66.5 Å². The molecule has 1 aromatic rings. The zero-order valence-electron chi connectivity index (χ0n) is 15.5. The molecule has 138 valence electrons. The van der Waals surface area contributed by atoms with E-state index < -0.39 is 10.0 Å². The van der Waals surface area contributed by atoms with Gasteiger partial charge in [-0.2, -0.15) is 0 Å². The lowest BCUT2D eigenvalue weighted by molar-refractivity contribution is -0.119. The molecule has 0 aromatic heterocycles. The van der Waals surface area contributed by atoms with Crippen LogP contribution in [0.1, 0.15) is 46.1 Å². The molecule has 5 nitrogen and oxygen atoms in total. The second kappa shape index (κ2) is 6.72. The highest BCUT2D eigenvalue weighted by atomic mass is 32.2. The van der Waals surface area contributed by atoms with Crippen molar-refractivity contribution in [1.82, 2.24) is 4.72 Å². The van der Waals surface area contributed by atoms with Crippen molar-refractivity contribution >= 4 is 21.6 Å². The number of nitrogens with one attached hydrogen (secondary N) is 1. The van der Waals surface area contributed by atoms with Crippen LogP contribution in [-0.2, 0) is 21.2 Å². The van der Waals surface area contributed by atoms with Crippen LogP contribution in [0.5, 0.6) is 0 Å². The minimum absolute atomic E-state index is 0.105. The summed E-state index contributed by atoms with van der Waals surface area (Å²) in [5, 5.41) is 0. The SMILES string of the molecule is CC(C)C(NS(=O)(=O)c1ccc2c(c1)CCN2C(=O)C1CC1)C(C)C. The van der Waals surface area contributed by atoms with Crippen LogP contribution in [0.3, 0.4) is 0 Å². The number of fused-ring (bicyclic) bond motifs is 1. The Labute approximate surface area is 150 Å². The highest BCUT2D eigenvalue weighted by Gasteiger charge is 2.37. The number of hydrogen-bond donors (Lipinski definition) is 1. The molecule has 3 rings (SSSR count). The standard InChI is InChI=1S/C19H28N2O3S/c1-12(2)18(13(3)4)20-25(23,24)16-7-8-17-15(11-16)9-10-21(17)19(22)14-5-6-14/h7-8,11-14,18,20H,5-6,9-10H2,1-4H3. The van der Waals surface area contributed by atoms with E-state index >= 15 is 0 Å². The molecule has 1 saturated carbocycles. The first-order valence-electron chi connectivity index (χ1n) is 9.17. The first-order chi connectivity index (χ1) is 11.7. The molecule has 0 radical (unpaired) electrons. The van der Waals surface area contributed by atoms with Crippen LogP contribution in [-0.4, -0.2) is 26.9 Å². The van der Waals surface area contributed by atoms with Gasteiger partial charge in [0.15, 0.2) is 0 Å². The van der Waals surface area contributed by atoms with E-state index in [1.807, 2.05) is 32.6 Å². The monoisotopic (exact) mass is 364 g/mol. The average Bonchev–Trinajstić information content (AvgIpc) is 3.30. The smallest absolute Gasteiger partial charge is 0.240 e. The van der Waals surface area contributed by atoms with Gasteiger partial charge in [0.25, 0.3) is 0 Å². The van der Waals surface area contributed by atoms with Crippen molar-refractivity contribution in [2.75, 3.05) is 11.4 Å². The Kier molecular flexibility index (Phi) is 4.95. The maximum Gasteiger partial charge on any atom is 0.240 e. The van der Waals surface area contributed by atoms with Crippen LogP contribution in [0.2, 0.25) is 0 Å². The second-order valence-electron chi connectivity index (χ2n) is 7.94. The zero-order valence-corrected chi connectivity index (χ0v) is 16.3. The number of carbonyl (C=O) groups is 1. The fourth-order valence-electron chi connectivity index (χ4n) is 3.61. The molecule has 25 heavy (non-hydrogen) atoms. The number of carbonyl (C=O) groups excluding carboxylic acids is 1. The number of hydrogen-bond acceptors (Lipinski definition) is 3. The van der Waals surface area contributed by atoms with Crippen molar-refractivity contribution < 1.29 is 13.2 Å². The van der Waals surface area contributed by atoms with Crippen molar-refractivity contribution in [3.63, 3.8) is 0 Å². The van der Waals surface area contributed by atoms with Crippen LogP contribution in [0.15, 0.2) is 23.1 Å².